The fourth-order valence-corrected chi connectivity index (χ4v) is 0.714. The van der Waals surface area contributed by atoms with Crippen molar-refractivity contribution in [3.8, 4) is 0 Å². The van der Waals surface area contributed by atoms with E-state index in [9.17, 15) is 14.4 Å². The van der Waals surface area contributed by atoms with Crippen molar-refractivity contribution in [3.05, 3.63) is 0 Å². The Morgan fingerprint density at radius 2 is 1.15 bits per heavy atom. The average molecular weight is 331 g/mol. The molecule has 0 atom stereocenters. The van der Waals surface area contributed by atoms with Crippen LogP contribution < -0.4 is 35.7 Å². The van der Waals surface area contributed by atoms with Crippen LogP contribution in [0.25, 0.3) is 0 Å². The predicted octanol–water partition coefficient (Wildman–Crippen LogP) is -4.62. The number of carbonyl (C=O) groups is 3. The summed E-state index contributed by atoms with van der Waals surface area (Å²) in [6.07, 6.45) is -2.29. The Hall–Kier alpha value is -0.800. The summed E-state index contributed by atoms with van der Waals surface area (Å²) in [5.74, 6) is -5.02. The predicted molar refractivity (Wildman–Crippen MR) is 57.4 cm³/mol. The third-order valence-electron chi connectivity index (χ3n) is 1.29. The van der Waals surface area contributed by atoms with Gasteiger partial charge in [-0.3, -0.25) is 18.7 Å². The molecule has 12 nitrogen and oxygen atoms in total. The number of hydrogen-bond donors (Lipinski definition) is 7. The fourth-order valence-electron chi connectivity index (χ4n) is 0.714. The van der Waals surface area contributed by atoms with E-state index in [4.69, 9.17) is 37.9 Å². The van der Waals surface area contributed by atoms with Crippen LogP contribution in [0.2, 0.25) is 0 Å². The second-order valence-corrected chi connectivity index (χ2v) is 3.82. The van der Waals surface area contributed by atoms with Gasteiger partial charge in [0.05, 0.1) is 12.8 Å². The molecule has 0 radical (unpaired) electrons. The van der Waals surface area contributed by atoms with Gasteiger partial charge >= 0.3 is 57.9 Å². The van der Waals surface area contributed by atoms with Gasteiger partial charge in [0.25, 0.3) is 0 Å². The number of hydrogen-bond acceptors (Lipinski definition) is 7. The summed E-state index contributed by atoms with van der Waals surface area (Å²) in [7, 11) is -4.67. The first kappa shape index (κ1) is 27.5. The molecule has 0 bridgehead atoms. The average Bonchev–Trinajstić information content (AvgIpc) is 1.95. The standard InChI is InChI=1S/C6H8O7.H3N.Na.H2O4S.H/c7-3(8)1-6(13,5(11)12)2-4(9)10;;;1-5(2,3)4;/h13H,1-2H2,(H,7,8)(H,9,10)(H,11,12);1H3;;(H2,1,2,3,4);/q;;+1;;-1. The molecule has 0 aromatic carbocycles. The van der Waals surface area contributed by atoms with Crippen molar-refractivity contribution in [1.82, 2.24) is 6.15 Å². The first-order valence-corrected chi connectivity index (χ1v) is 5.27. The van der Waals surface area contributed by atoms with E-state index in [2.05, 4.69) is 0 Å². The maximum atomic E-state index is 10.3. The van der Waals surface area contributed by atoms with Gasteiger partial charge < -0.3 is 28.0 Å². The number of aliphatic carboxylic acids is 3. The first-order chi connectivity index (χ1) is 7.78. The summed E-state index contributed by atoms with van der Waals surface area (Å²) in [5.41, 5.74) is -2.74. The van der Waals surface area contributed by atoms with Gasteiger partial charge in [0.2, 0.25) is 0 Å². The zero-order valence-corrected chi connectivity index (χ0v) is 13.1. The van der Waals surface area contributed by atoms with Gasteiger partial charge in [-0.25, -0.2) is 4.79 Å². The maximum Gasteiger partial charge on any atom is 1.00 e. The van der Waals surface area contributed by atoms with Gasteiger partial charge in [0.15, 0.2) is 5.60 Å². The molecule has 0 aliphatic carbocycles. The maximum absolute atomic E-state index is 10.3. The quantitative estimate of drug-likeness (QED) is 0.186. The van der Waals surface area contributed by atoms with Gasteiger partial charge in [0.1, 0.15) is 0 Å². The summed E-state index contributed by atoms with van der Waals surface area (Å²) in [6.45, 7) is 0. The van der Waals surface area contributed by atoms with E-state index in [1.165, 1.54) is 0 Å². The molecule has 0 heterocycles. The molecule has 0 aliphatic rings. The first-order valence-electron chi connectivity index (χ1n) is 3.87. The van der Waals surface area contributed by atoms with Crippen LogP contribution in [0, 0.1) is 0 Å². The Balaban J connectivity index is -0.0000000933. The Morgan fingerprint density at radius 1 is 0.950 bits per heavy atom. The molecule has 0 spiro atoms. The van der Waals surface area contributed by atoms with Crippen LogP contribution >= 0.6 is 0 Å². The van der Waals surface area contributed by atoms with Crippen LogP contribution in [-0.4, -0.2) is 61.5 Å². The molecule has 116 valence electrons. The van der Waals surface area contributed by atoms with Crippen LogP contribution in [0.3, 0.4) is 0 Å². The molecule has 0 fully saturated rings. The van der Waals surface area contributed by atoms with Crippen LogP contribution in [-0.2, 0) is 24.8 Å². The van der Waals surface area contributed by atoms with E-state index in [1.807, 2.05) is 0 Å². The van der Waals surface area contributed by atoms with E-state index >= 15 is 0 Å². The van der Waals surface area contributed by atoms with E-state index in [0.717, 1.165) is 0 Å². The van der Waals surface area contributed by atoms with Crippen molar-refractivity contribution in [2.24, 2.45) is 0 Å². The topological polar surface area (TPSA) is 242 Å². The Kier molecular flexibility index (Phi) is 15.0. The summed E-state index contributed by atoms with van der Waals surface area (Å²) in [6, 6.07) is 0. The molecule has 0 aliphatic heterocycles. The van der Waals surface area contributed by atoms with Gasteiger partial charge in [-0.1, -0.05) is 0 Å². The minimum absolute atomic E-state index is 0. The van der Waals surface area contributed by atoms with Crippen LogP contribution in [0.5, 0.6) is 0 Å². The molecule has 0 unspecified atom stereocenters. The van der Waals surface area contributed by atoms with Crippen LogP contribution in [0.4, 0.5) is 0 Å². The molecule has 0 amide bonds. The summed E-state index contributed by atoms with van der Waals surface area (Å²) < 4.78 is 31.6. The normalized spacial score (nSPS) is 9.95. The Labute approximate surface area is 136 Å². The summed E-state index contributed by atoms with van der Waals surface area (Å²) in [5, 5.41) is 33.8. The van der Waals surface area contributed by atoms with Gasteiger partial charge in [-0.2, -0.15) is 8.42 Å². The molecular formula is C6H14NNaO11S. The molecule has 0 aromatic rings. The van der Waals surface area contributed by atoms with E-state index in [-0.39, 0.29) is 37.1 Å². The SMILES string of the molecule is N.O=C(O)CC(O)(CC(=O)O)C(=O)O.O=S(=O)(O)O.[H-].[Na+]. The molecular weight excluding hydrogens is 317 g/mol. The van der Waals surface area contributed by atoms with E-state index in [0.29, 0.717) is 0 Å². The minimum Gasteiger partial charge on any atom is -1.00 e. The van der Waals surface area contributed by atoms with Gasteiger partial charge in [-0.05, 0) is 0 Å². The van der Waals surface area contributed by atoms with Crippen molar-refractivity contribution in [3.63, 3.8) is 0 Å². The van der Waals surface area contributed by atoms with Crippen LogP contribution in [0.15, 0.2) is 0 Å². The molecule has 20 heavy (non-hydrogen) atoms. The Bertz CT molecular complexity index is 414. The summed E-state index contributed by atoms with van der Waals surface area (Å²) in [4.78, 5) is 30.5. The van der Waals surface area contributed by atoms with Crippen molar-refractivity contribution in [2.45, 2.75) is 18.4 Å². The van der Waals surface area contributed by atoms with Gasteiger partial charge in [-0.15, -0.1) is 0 Å². The molecule has 0 saturated heterocycles. The summed E-state index contributed by atoms with van der Waals surface area (Å²) >= 11 is 0. The van der Waals surface area contributed by atoms with Crippen molar-refractivity contribution < 1.29 is 83.3 Å². The van der Waals surface area contributed by atoms with Crippen molar-refractivity contribution in [2.75, 3.05) is 0 Å². The zero-order valence-electron chi connectivity index (χ0n) is 11.3. The number of aliphatic hydroxyl groups is 1. The molecule has 0 rings (SSSR count). The minimum atomic E-state index is -4.67. The van der Waals surface area contributed by atoms with Crippen LogP contribution in [0.1, 0.15) is 14.3 Å². The second-order valence-electron chi connectivity index (χ2n) is 2.93. The van der Waals surface area contributed by atoms with Crippen molar-refractivity contribution in [1.29, 1.82) is 0 Å². The number of carboxylic acids is 3. The molecule has 0 aromatic heterocycles. The molecule has 0 saturated carbocycles. The van der Waals surface area contributed by atoms with E-state index < -0.39 is 46.7 Å². The smallest absolute Gasteiger partial charge is 1.00 e. The van der Waals surface area contributed by atoms with E-state index in [1.54, 1.807) is 0 Å². The monoisotopic (exact) mass is 331 g/mol. The fraction of sp³-hybridized carbons (Fsp3) is 0.500. The van der Waals surface area contributed by atoms with Gasteiger partial charge in [0, 0.05) is 0 Å². The number of carboxylic acid groups (broad SMARTS) is 3. The third-order valence-corrected chi connectivity index (χ3v) is 1.29. The Morgan fingerprint density at radius 3 is 1.25 bits per heavy atom. The second kappa shape index (κ2) is 10.9. The number of rotatable bonds is 5. The largest absolute Gasteiger partial charge is 1.00 e. The third kappa shape index (κ3) is 19.5. The van der Waals surface area contributed by atoms with Crippen molar-refractivity contribution >= 4 is 28.3 Å². The molecule has 14 heteroatoms. The zero-order chi connectivity index (χ0) is 15.1. The molecule has 9 N–H and O–H groups in total.